The summed E-state index contributed by atoms with van der Waals surface area (Å²) in [5, 5.41) is 4.18. The van der Waals surface area contributed by atoms with E-state index in [0.717, 1.165) is 54.6 Å². The van der Waals surface area contributed by atoms with Crippen LogP contribution < -0.4 is 5.32 Å². The molecule has 2 atom stereocenters. The molecule has 0 saturated carbocycles. The van der Waals surface area contributed by atoms with Gasteiger partial charge >= 0.3 is 0 Å². The number of benzene rings is 1. The summed E-state index contributed by atoms with van der Waals surface area (Å²) in [7, 11) is 1.94. The zero-order valence-corrected chi connectivity index (χ0v) is 12.6. The SMILES string of the molecule is CNC(CCC1CCCO1)c1oc2ccc(F)cc2c1C. The lowest BCUT2D eigenvalue weighted by Crippen LogP contribution is -2.19. The molecule has 1 aliphatic rings. The molecule has 21 heavy (non-hydrogen) atoms. The van der Waals surface area contributed by atoms with Crippen LogP contribution in [0.5, 0.6) is 0 Å². The number of halogens is 1. The fraction of sp³-hybridized carbons (Fsp3) is 0.529. The molecule has 2 aromatic rings. The average Bonchev–Trinajstić information content (AvgIpc) is 3.10. The summed E-state index contributed by atoms with van der Waals surface area (Å²) in [6.45, 7) is 2.88. The van der Waals surface area contributed by atoms with Gasteiger partial charge in [0.25, 0.3) is 0 Å². The van der Waals surface area contributed by atoms with E-state index in [1.54, 1.807) is 12.1 Å². The number of ether oxygens (including phenoxy) is 1. The normalized spacial score (nSPS) is 20.2. The van der Waals surface area contributed by atoms with Crippen molar-refractivity contribution in [1.82, 2.24) is 5.32 Å². The minimum absolute atomic E-state index is 0.143. The van der Waals surface area contributed by atoms with Crippen molar-refractivity contribution in [3.63, 3.8) is 0 Å². The van der Waals surface area contributed by atoms with E-state index < -0.39 is 0 Å². The van der Waals surface area contributed by atoms with Crippen LogP contribution in [0, 0.1) is 12.7 Å². The van der Waals surface area contributed by atoms with Crippen LogP contribution in [0.2, 0.25) is 0 Å². The second-order valence-corrected chi connectivity index (χ2v) is 5.79. The number of hydrogen-bond acceptors (Lipinski definition) is 3. The Kier molecular flexibility index (Phi) is 4.27. The first-order valence-electron chi connectivity index (χ1n) is 7.66. The molecule has 0 spiro atoms. The van der Waals surface area contributed by atoms with Gasteiger partial charge in [-0.15, -0.1) is 0 Å². The molecule has 1 aliphatic heterocycles. The Morgan fingerprint density at radius 3 is 3.00 bits per heavy atom. The zero-order valence-electron chi connectivity index (χ0n) is 12.6. The molecule has 4 heteroatoms. The van der Waals surface area contributed by atoms with Crippen LogP contribution >= 0.6 is 0 Å². The van der Waals surface area contributed by atoms with Crippen LogP contribution in [0.4, 0.5) is 4.39 Å². The smallest absolute Gasteiger partial charge is 0.134 e. The molecule has 2 heterocycles. The van der Waals surface area contributed by atoms with Crippen LogP contribution in [-0.4, -0.2) is 19.8 Å². The highest BCUT2D eigenvalue weighted by Gasteiger charge is 2.22. The second-order valence-electron chi connectivity index (χ2n) is 5.79. The van der Waals surface area contributed by atoms with E-state index in [1.165, 1.54) is 6.07 Å². The Bertz CT molecular complexity index is 617. The molecular weight excluding hydrogens is 269 g/mol. The second kappa shape index (κ2) is 6.16. The molecule has 1 N–H and O–H groups in total. The maximum Gasteiger partial charge on any atom is 0.134 e. The van der Waals surface area contributed by atoms with Crippen LogP contribution in [0.1, 0.15) is 43.0 Å². The first-order valence-corrected chi connectivity index (χ1v) is 7.66. The zero-order chi connectivity index (χ0) is 14.8. The topological polar surface area (TPSA) is 34.4 Å². The number of aryl methyl sites for hydroxylation is 1. The van der Waals surface area contributed by atoms with Crippen LogP contribution in [0.15, 0.2) is 22.6 Å². The number of furan rings is 1. The number of rotatable bonds is 5. The largest absolute Gasteiger partial charge is 0.459 e. The third-order valence-corrected chi connectivity index (χ3v) is 4.40. The van der Waals surface area contributed by atoms with Crippen molar-refractivity contribution in [3.8, 4) is 0 Å². The average molecular weight is 291 g/mol. The van der Waals surface area contributed by atoms with Gasteiger partial charge in [0.15, 0.2) is 0 Å². The fourth-order valence-corrected chi connectivity index (χ4v) is 3.18. The van der Waals surface area contributed by atoms with Gasteiger partial charge in [0.05, 0.1) is 12.1 Å². The number of fused-ring (bicyclic) bond motifs is 1. The highest BCUT2D eigenvalue weighted by Crippen LogP contribution is 2.32. The third-order valence-electron chi connectivity index (χ3n) is 4.40. The highest BCUT2D eigenvalue weighted by atomic mass is 19.1. The minimum atomic E-state index is -0.224. The molecule has 0 aliphatic carbocycles. The Morgan fingerprint density at radius 2 is 2.29 bits per heavy atom. The fourth-order valence-electron chi connectivity index (χ4n) is 3.18. The highest BCUT2D eigenvalue weighted by molar-refractivity contribution is 5.82. The molecule has 0 amide bonds. The molecule has 0 radical (unpaired) electrons. The van der Waals surface area contributed by atoms with E-state index in [-0.39, 0.29) is 11.9 Å². The molecule has 114 valence electrons. The summed E-state index contributed by atoms with van der Waals surface area (Å²) in [6, 6.07) is 4.83. The van der Waals surface area contributed by atoms with Crippen LogP contribution in [0.3, 0.4) is 0 Å². The van der Waals surface area contributed by atoms with Crippen LogP contribution in [0.25, 0.3) is 11.0 Å². The van der Waals surface area contributed by atoms with E-state index in [2.05, 4.69) is 5.32 Å². The van der Waals surface area contributed by atoms with Crippen molar-refractivity contribution >= 4 is 11.0 Å². The van der Waals surface area contributed by atoms with Gasteiger partial charge in [0, 0.05) is 17.6 Å². The lowest BCUT2D eigenvalue weighted by molar-refractivity contribution is 0.0991. The van der Waals surface area contributed by atoms with Gasteiger partial charge in [-0.05, 0) is 57.9 Å². The standard InChI is InChI=1S/C17H22FNO2/c1-11-14-10-12(18)5-8-16(14)21-17(11)15(19-2)7-6-13-4-3-9-20-13/h5,8,10,13,15,19H,3-4,6-7,9H2,1-2H3. The summed E-state index contributed by atoms with van der Waals surface area (Å²) in [5.41, 5.74) is 1.78. The third kappa shape index (κ3) is 2.97. The van der Waals surface area contributed by atoms with Gasteiger partial charge in [-0.3, -0.25) is 0 Å². The van der Waals surface area contributed by atoms with E-state index >= 15 is 0 Å². The van der Waals surface area contributed by atoms with Crippen molar-refractivity contribution < 1.29 is 13.5 Å². The van der Waals surface area contributed by atoms with Crippen molar-refractivity contribution in [2.45, 2.75) is 44.8 Å². The molecule has 1 aromatic carbocycles. The summed E-state index contributed by atoms with van der Waals surface area (Å²) in [4.78, 5) is 0. The van der Waals surface area contributed by atoms with Crippen LogP contribution in [-0.2, 0) is 4.74 Å². The van der Waals surface area contributed by atoms with Crippen molar-refractivity contribution in [2.24, 2.45) is 0 Å². The predicted octanol–water partition coefficient (Wildman–Crippen LogP) is 4.10. The molecule has 3 rings (SSSR count). The number of hydrogen-bond donors (Lipinski definition) is 1. The van der Waals surface area contributed by atoms with Gasteiger partial charge in [0.1, 0.15) is 17.2 Å². The lowest BCUT2D eigenvalue weighted by Gasteiger charge is -2.17. The monoisotopic (exact) mass is 291 g/mol. The van der Waals surface area contributed by atoms with Gasteiger partial charge < -0.3 is 14.5 Å². The van der Waals surface area contributed by atoms with Gasteiger partial charge in [0.2, 0.25) is 0 Å². The molecule has 2 unspecified atom stereocenters. The predicted molar refractivity (Wildman–Crippen MR) is 80.9 cm³/mol. The Balaban J connectivity index is 1.80. The molecule has 1 aromatic heterocycles. The lowest BCUT2D eigenvalue weighted by atomic mass is 10.0. The maximum absolute atomic E-state index is 13.4. The maximum atomic E-state index is 13.4. The van der Waals surface area contributed by atoms with E-state index in [0.29, 0.717) is 6.10 Å². The van der Waals surface area contributed by atoms with E-state index in [1.807, 2.05) is 14.0 Å². The minimum Gasteiger partial charge on any atom is -0.459 e. The Labute approximate surface area is 124 Å². The van der Waals surface area contributed by atoms with Gasteiger partial charge in [-0.2, -0.15) is 0 Å². The molecule has 0 bridgehead atoms. The first-order chi connectivity index (χ1) is 10.2. The van der Waals surface area contributed by atoms with Crippen molar-refractivity contribution in [3.05, 3.63) is 35.3 Å². The Morgan fingerprint density at radius 1 is 1.43 bits per heavy atom. The van der Waals surface area contributed by atoms with Crippen molar-refractivity contribution in [1.29, 1.82) is 0 Å². The van der Waals surface area contributed by atoms with Gasteiger partial charge in [-0.1, -0.05) is 0 Å². The molecule has 1 saturated heterocycles. The van der Waals surface area contributed by atoms with E-state index in [4.69, 9.17) is 9.15 Å². The summed E-state index contributed by atoms with van der Waals surface area (Å²) in [5.74, 6) is 0.689. The molecular formula is C17H22FNO2. The first kappa shape index (κ1) is 14.5. The summed E-state index contributed by atoms with van der Waals surface area (Å²) < 4.78 is 25.0. The Hall–Kier alpha value is -1.39. The number of nitrogens with one attached hydrogen (secondary N) is 1. The van der Waals surface area contributed by atoms with E-state index in [9.17, 15) is 4.39 Å². The quantitative estimate of drug-likeness (QED) is 0.900. The molecule has 3 nitrogen and oxygen atoms in total. The summed E-state index contributed by atoms with van der Waals surface area (Å²) >= 11 is 0. The van der Waals surface area contributed by atoms with Gasteiger partial charge in [-0.25, -0.2) is 4.39 Å². The summed E-state index contributed by atoms with van der Waals surface area (Å²) in [6.07, 6.45) is 4.68. The molecule has 1 fully saturated rings. The van der Waals surface area contributed by atoms with Crippen molar-refractivity contribution in [2.75, 3.05) is 13.7 Å².